The summed E-state index contributed by atoms with van der Waals surface area (Å²) in [6.07, 6.45) is 1.91. The van der Waals surface area contributed by atoms with Crippen LogP contribution in [-0.4, -0.2) is 25.0 Å². The van der Waals surface area contributed by atoms with Gasteiger partial charge in [0.05, 0.1) is 17.3 Å². The van der Waals surface area contributed by atoms with Crippen LogP contribution in [0.2, 0.25) is 0 Å². The van der Waals surface area contributed by atoms with Gasteiger partial charge in [-0.25, -0.2) is 4.39 Å². The Bertz CT molecular complexity index is 480. The molecule has 1 amide bonds. The smallest absolute Gasteiger partial charge is 0.228 e. The van der Waals surface area contributed by atoms with E-state index in [2.05, 4.69) is 16.0 Å². The molecule has 126 valence electrons. The standard InChI is InChI=1S/C15H22FN3O.2ClH/c1-10(2)18-14-8-12(16)5-6-13(14)19-15(20)11-4-3-7-17-9-11;;/h5-6,8,10-11,17-18H,3-4,7,9H2,1-2H3,(H,19,20);2*1H. The molecule has 22 heavy (non-hydrogen) atoms. The second kappa shape index (κ2) is 9.87. The molecule has 1 aliphatic rings. The molecule has 1 heterocycles. The summed E-state index contributed by atoms with van der Waals surface area (Å²) in [7, 11) is 0. The second-order valence-corrected chi connectivity index (χ2v) is 5.52. The Morgan fingerprint density at radius 2 is 2.05 bits per heavy atom. The van der Waals surface area contributed by atoms with Gasteiger partial charge in [0.25, 0.3) is 0 Å². The molecule has 1 aromatic rings. The molecule has 4 nitrogen and oxygen atoms in total. The number of carbonyl (C=O) groups excluding carboxylic acids is 1. The molecular weight excluding hydrogens is 328 g/mol. The van der Waals surface area contributed by atoms with Crippen LogP contribution in [-0.2, 0) is 4.79 Å². The molecule has 2 rings (SSSR count). The predicted octanol–water partition coefficient (Wildman–Crippen LogP) is 3.43. The second-order valence-electron chi connectivity index (χ2n) is 5.52. The van der Waals surface area contributed by atoms with Crippen LogP contribution in [0.5, 0.6) is 0 Å². The van der Waals surface area contributed by atoms with E-state index < -0.39 is 0 Å². The summed E-state index contributed by atoms with van der Waals surface area (Å²) in [5.41, 5.74) is 1.26. The van der Waals surface area contributed by atoms with Crippen LogP contribution in [0.15, 0.2) is 18.2 Å². The van der Waals surface area contributed by atoms with Crippen molar-refractivity contribution in [2.75, 3.05) is 23.7 Å². The first kappa shape index (κ1) is 21.0. The number of amides is 1. The number of rotatable bonds is 4. The molecule has 0 saturated carbocycles. The summed E-state index contributed by atoms with van der Waals surface area (Å²) in [5, 5.41) is 9.28. The molecule has 1 saturated heterocycles. The van der Waals surface area contributed by atoms with Gasteiger partial charge in [-0.1, -0.05) is 0 Å². The fourth-order valence-corrected chi connectivity index (χ4v) is 2.37. The first-order valence-electron chi connectivity index (χ1n) is 7.14. The van der Waals surface area contributed by atoms with Gasteiger partial charge in [-0.3, -0.25) is 4.79 Å². The largest absolute Gasteiger partial charge is 0.381 e. The minimum Gasteiger partial charge on any atom is -0.381 e. The van der Waals surface area contributed by atoms with Gasteiger partial charge in [-0.05, 0) is 51.4 Å². The van der Waals surface area contributed by atoms with Crippen LogP contribution >= 0.6 is 24.8 Å². The van der Waals surface area contributed by atoms with Crippen molar-refractivity contribution in [3.05, 3.63) is 24.0 Å². The maximum absolute atomic E-state index is 13.3. The fourth-order valence-electron chi connectivity index (χ4n) is 2.37. The van der Waals surface area contributed by atoms with Crippen LogP contribution in [0.1, 0.15) is 26.7 Å². The average molecular weight is 352 g/mol. The third kappa shape index (κ3) is 5.99. The normalized spacial score (nSPS) is 17.2. The molecule has 7 heteroatoms. The maximum Gasteiger partial charge on any atom is 0.228 e. The lowest BCUT2D eigenvalue weighted by Gasteiger charge is -2.23. The lowest BCUT2D eigenvalue weighted by Crippen LogP contribution is -2.37. The van der Waals surface area contributed by atoms with E-state index in [4.69, 9.17) is 0 Å². The molecule has 0 radical (unpaired) electrons. The number of hydrogen-bond acceptors (Lipinski definition) is 3. The third-order valence-electron chi connectivity index (χ3n) is 3.35. The summed E-state index contributed by atoms with van der Waals surface area (Å²) in [6.45, 7) is 5.63. The highest BCUT2D eigenvalue weighted by molar-refractivity contribution is 5.95. The number of benzene rings is 1. The molecule has 1 fully saturated rings. The van der Waals surface area contributed by atoms with Gasteiger partial charge in [-0.15, -0.1) is 24.8 Å². The average Bonchev–Trinajstić information content (AvgIpc) is 2.42. The minimum absolute atomic E-state index is 0. The van der Waals surface area contributed by atoms with Crippen molar-refractivity contribution in [3.8, 4) is 0 Å². The number of nitrogens with one attached hydrogen (secondary N) is 3. The summed E-state index contributed by atoms with van der Waals surface area (Å²) in [6, 6.07) is 4.55. The molecule has 1 unspecified atom stereocenters. The minimum atomic E-state index is -0.314. The van der Waals surface area contributed by atoms with E-state index in [1.807, 2.05) is 13.8 Å². The van der Waals surface area contributed by atoms with Gasteiger partial charge >= 0.3 is 0 Å². The summed E-state index contributed by atoms with van der Waals surface area (Å²) in [5.74, 6) is -0.332. The van der Waals surface area contributed by atoms with Gasteiger partial charge in [0, 0.05) is 12.6 Å². The monoisotopic (exact) mass is 351 g/mol. The Labute approximate surface area is 143 Å². The van der Waals surface area contributed by atoms with Gasteiger partial charge in [0.2, 0.25) is 5.91 Å². The quantitative estimate of drug-likeness (QED) is 0.778. The van der Waals surface area contributed by atoms with Crippen LogP contribution in [0.3, 0.4) is 0 Å². The van der Waals surface area contributed by atoms with Gasteiger partial charge < -0.3 is 16.0 Å². The number of anilines is 2. The zero-order valence-corrected chi connectivity index (χ0v) is 14.5. The van der Waals surface area contributed by atoms with Crippen molar-refractivity contribution < 1.29 is 9.18 Å². The highest BCUT2D eigenvalue weighted by Gasteiger charge is 2.21. The van der Waals surface area contributed by atoms with Crippen LogP contribution in [0.25, 0.3) is 0 Å². The molecule has 0 bridgehead atoms. The fraction of sp³-hybridized carbons (Fsp3) is 0.533. The lowest BCUT2D eigenvalue weighted by molar-refractivity contribution is -0.120. The van der Waals surface area contributed by atoms with E-state index in [1.54, 1.807) is 6.07 Å². The molecule has 0 aromatic heterocycles. The number of halogens is 3. The Balaban J connectivity index is 0.00000220. The van der Waals surface area contributed by atoms with Crippen molar-refractivity contribution in [2.24, 2.45) is 5.92 Å². The third-order valence-corrected chi connectivity index (χ3v) is 3.35. The molecule has 1 aliphatic heterocycles. The molecular formula is C15H24Cl2FN3O. The highest BCUT2D eigenvalue weighted by Crippen LogP contribution is 2.25. The highest BCUT2D eigenvalue weighted by atomic mass is 35.5. The maximum atomic E-state index is 13.3. The Kier molecular flexibility index (Phi) is 9.41. The van der Waals surface area contributed by atoms with Crippen molar-refractivity contribution in [1.82, 2.24) is 5.32 Å². The van der Waals surface area contributed by atoms with E-state index in [0.717, 1.165) is 19.4 Å². The van der Waals surface area contributed by atoms with Gasteiger partial charge in [-0.2, -0.15) is 0 Å². The SMILES string of the molecule is CC(C)Nc1cc(F)ccc1NC(=O)C1CCCNC1.Cl.Cl. The Morgan fingerprint density at radius 3 is 2.64 bits per heavy atom. The van der Waals surface area contributed by atoms with Crippen LogP contribution < -0.4 is 16.0 Å². The lowest BCUT2D eigenvalue weighted by atomic mass is 9.98. The first-order chi connectivity index (χ1) is 9.56. The van der Waals surface area contributed by atoms with Crippen molar-refractivity contribution in [2.45, 2.75) is 32.7 Å². The topological polar surface area (TPSA) is 53.2 Å². The van der Waals surface area contributed by atoms with Crippen molar-refractivity contribution in [3.63, 3.8) is 0 Å². The van der Waals surface area contributed by atoms with Crippen LogP contribution in [0, 0.1) is 11.7 Å². The number of piperidine rings is 1. The Morgan fingerprint density at radius 1 is 1.32 bits per heavy atom. The van der Waals surface area contributed by atoms with E-state index in [1.165, 1.54) is 12.1 Å². The van der Waals surface area contributed by atoms with Crippen molar-refractivity contribution >= 4 is 42.1 Å². The van der Waals surface area contributed by atoms with Crippen molar-refractivity contribution in [1.29, 1.82) is 0 Å². The first-order valence-corrected chi connectivity index (χ1v) is 7.14. The van der Waals surface area contributed by atoms with Gasteiger partial charge in [0.15, 0.2) is 0 Å². The molecule has 1 atom stereocenters. The molecule has 0 spiro atoms. The van der Waals surface area contributed by atoms with Crippen LogP contribution in [0.4, 0.5) is 15.8 Å². The predicted molar refractivity (Wildman–Crippen MR) is 93.9 cm³/mol. The van der Waals surface area contributed by atoms with E-state index >= 15 is 0 Å². The molecule has 3 N–H and O–H groups in total. The Hall–Kier alpha value is -1.04. The van der Waals surface area contributed by atoms with E-state index in [-0.39, 0.29) is 48.5 Å². The summed E-state index contributed by atoms with van der Waals surface area (Å²) in [4.78, 5) is 12.2. The zero-order valence-electron chi connectivity index (χ0n) is 12.8. The molecule has 1 aromatic carbocycles. The summed E-state index contributed by atoms with van der Waals surface area (Å²) >= 11 is 0. The van der Waals surface area contributed by atoms with E-state index in [0.29, 0.717) is 17.9 Å². The van der Waals surface area contributed by atoms with Gasteiger partial charge in [0.1, 0.15) is 5.82 Å². The number of hydrogen-bond donors (Lipinski definition) is 3. The summed E-state index contributed by atoms with van der Waals surface area (Å²) < 4.78 is 13.3. The van der Waals surface area contributed by atoms with E-state index in [9.17, 15) is 9.18 Å². The zero-order chi connectivity index (χ0) is 14.5. The molecule has 0 aliphatic carbocycles. The number of carbonyl (C=O) groups is 1.